The van der Waals surface area contributed by atoms with E-state index in [4.69, 9.17) is 9.47 Å². The zero-order chi connectivity index (χ0) is 25.8. The molecule has 0 aliphatic rings. The molecule has 0 radical (unpaired) electrons. The van der Waals surface area contributed by atoms with Gasteiger partial charge in [-0.2, -0.15) is 0 Å². The van der Waals surface area contributed by atoms with E-state index in [1.54, 1.807) is 24.3 Å². The lowest BCUT2D eigenvalue weighted by molar-refractivity contribution is -0.117. The number of nitrogens with one attached hydrogen (secondary N) is 1. The van der Waals surface area contributed by atoms with Gasteiger partial charge in [-0.25, -0.2) is 9.78 Å². The Bertz CT molecular complexity index is 1590. The third-order valence-electron chi connectivity index (χ3n) is 6.35. The van der Waals surface area contributed by atoms with Crippen LogP contribution in [0.2, 0.25) is 0 Å². The molecule has 0 fully saturated rings. The molecule has 6 nitrogen and oxygen atoms in total. The number of hydrogen-bond acceptors (Lipinski definition) is 5. The number of anilines is 1. The molecular weight excluding hydrogens is 464 g/mol. The maximum absolute atomic E-state index is 12.9. The molecule has 5 rings (SSSR count). The molecule has 37 heavy (non-hydrogen) atoms. The van der Waals surface area contributed by atoms with Crippen LogP contribution in [0.25, 0.3) is 21.7 Å². The first-order valence-electron chi connectivity index (χ1n) is 12.0. The van der Waals surface area contributed by atoms with Crippen LogP contribution in [0.3, 0.4) is 0 Å². The number of methoxy groups -OCH3 is 1. The molecule has 5 aromatic rings. The van der Waals surface area contributed by atoms with Gasteiger partial charge in [-0.1, -0.05) is 48.5 Å². The van der Waals surface area contributed by atoms with Crippen LogP contribution in [-0.2, 0) is 16.1 Å². The Balaban J connectivity index is 1.24. The highest BCUT2D eigenvalue weighted by molar-refractivity contribution is 5.97. The molecular formula is C31H26N2O4. The molecule has 1 aromatic heterocycles. The van der Waals surface area contributed by atoms with Crippen molar-refractivity contribution >= 4 is 39.2 Å². The first-order valence-corrected chi connectivity index (χ1v) is 12.0. The van der Waals surface area contributed by atoms with Gasteiger partial charge in [0.05, 0.1) is 29.8 Å². The molecule has 0 aliphatic carbocycles. The Morgan fingerprint density at radius 3 is 2.38 bits per heavy atom. The molecule has 0 bridgehead atoms. The lowest BCUT2D eigenvalue weighted by atomic mass is 9.97. The normalized spacial score (nSPS) is 11.7. The van der Waals surface area contributed by atoms with Crippen molar-refractivity contribution in [3.8, 4) is 5.75 Å². The number of aromatic nitrogens is 1. The van der Waals surface area contributed by atoms with Crippen molar-refractivity contribution in [1.29, 1.82) is 0 Å². The van der Waals surface area contributed by atoms with Gasteiger partial charge in [0.2, 0.25) is 5.91 Å². The van der Waals surface area contributed by atoms with Crippen molar-refractivity contribution in [3.05, 3.63) is 114 Å². The molecule has 1 unspecified atom stereocenters. The van der Waals surface area contributed by atoms with Gasteiger partial charge < -0.3 is 14.8 Å². The molecule has 1 heterocycles. The first kappa shape index (κ1) is 24.0. The Morgan fingerprint density at radius 1 is 0.838 bits per heavy atom. The van der Waals surface area contributed by atoms with E-state index in [9.17, 15) is 9.59 Å². The third kappa shape index (κ3) is 5.43. The highest BCUT2D eigenvalue weighted by atomic mass is 16.5. The van der Waals surface area contributed by atoms with Gasteiger partial charge in [0.15, 0.2) is 0 Å². The van der Waals surface area contributed by atoms with E-state index in [1.165, 1.54) is 7.11 Å². The average molecular weight is 491 g/mol. The minimum atomic E-state index is -0.415. The van der Waals surface area contributed by atoms with E-state index >= 15 is 0 Å². The van der Waals surface area contributed by atoms with Gasteiger partial charge in [-0.05, 0) is 71.8 Å². The van der Waals surface area contributed by atoms with E-state index < -0.39 is 5.97 Å². The van der Waals surface area contributed by atoms with Crippen molar-refractivity contribution in [3.63, 3.8) is 0 Å². The van der Waals surface area contributed by atoms with E-state index in [-0.39, 0.29) is 11.8 Å². The Hall–Kier alpha value is -4.71. The molecule has 6 heteroatoms. The summed E-state index contributed by atoms with van der Waals surface area (Å²) in [4.78, 5) is 29.1. The van der Waals surface area contributed by atoms with Crippen LogP contribution in [0.1, 0.15) is 34.5 Å². The van der Waals surface area contributed by atoms with Gasteiger partial charge in [0.25, 0.3) is 0 Å². The van der Waals surface area contributed by atoms with Crippen LogP contribution in [0.5, 0.6) is 5.75 Å². The van der Waals surface area contributed by atoms with Crippen molar-refractivity contribution in [2.75, 3.05) is 12.4 Å². The highest BCUT2D eigenvalue weighted by Crippen LogP contribution is 2.27. The van der Waals surface area contributed by atoms with Crippen molar-refractivity contribution < 1.29 is 19.1 Å². The van der Waals surface area contributed by atoms with E-state index in [2.05, 4.69) is 16.4 Å². The largest absolute Gasteiger partial charge is 0.487 e. The number of benzene rings is 4. The number of amides is 1. The first-order chi connectivity index (χ1) is 18.0. The van der Waals surface area contributed by atoms with Gasteiger partial charge in [-0.3, -0.25) is 4.79 Å². The molecule has 0 saturated carbocycles. The summed E-state index contributed by atoms with van der Waals surface area (Å²) >= 11 is 0. The quantitative estimate of drug-likeness (QED) is 0.264. The number of pyridine rings is 1. The zero-order valence-corrected chi connectivity index (χ0v) is 20.6. The Labute approximate surface area is 214 Å². The summed E-state index contributed by atoms with van der Waals surface area (Å²) in [5.41, 5.74) is 3.78. The number of nitrogens with zero attached hydrogens (tertiary/aromatic N) is 1. The Kier molecular flexibility index (Phi) is 6.81. The molecule has 1 N–H and O–H groups in total. The second-order valence-corrected chi connectivity index (χ2v) is 8.83. The maximum atomic E-state index is 12.9. The van der Waals surface area contributed by atoms with Crippen molar-refractivity contribution in [2.45, 2.75) is 19.4 Å². The molecule has 0 spiro atoms. The minimum absolute atomic E-state index is 0.131. The second kappa shape index (κ2) is 10.5. The van der Waals surface area contributed by atoms with E-state index in [0.29, 0.717) is 17.9 Å². The summed E-state index contributed by atoms with van der Waals surface area (Å²) < 4.78 is 10.7. The van der Waals surface area contributed by atoms with Crippen LogP contribution in [0.4, 0.5) is 5.69 Å². The average Bonchev–Trinajstić information content (AvgIpc) is 2.95. The fourth-order valence-corrected chi connectivity index (χ4v) is 4.16. The molecule has 4 aromatic carbocycles. The van der Waals surface area contributed by atoms with Crippen LogP contribution in [0.15, 0.2) is 97.1 Å². The monoisotopic (exact) mass is 490 g/mol. The number of ether oxygens (including phenoxy) is 2. The second-order valence-electron chi connectivity index (χ2n) is 8.83. The number of rotatable bonds is 7. The van der Waals surface area contributed by atoms with Crippen molar-refractivity contribution in [2.24, 2.45) is 0 Å². The van der Waals surface area contributed by atoms with Crippen molar-refractivity contribution in [1.82, 2.24) is 4.98 Å². The topological polar surface area (TPSA) is 77.5 Å². The number of carbonyl (C=O) groups excluding carboxylic acids is 2. The lowest BCUT2D eigenvalue weighted by Crippen LogP contribution is -2.18. The molecule has 0 saturated heterocycles. The predicted octanol–water partition coefficient (Wildman–Crippen LogP) is 6.50. The SMILES string of the molecule is COC(=O)c1ccc(NC(=O)C(C)c2ccc3cc(OCc4ccc5ccccc5n4)ccc3c2)cc1. The third-order valence-corrected chi connectivity index (χ3v) is 6.35. The van der Waals surface area contributed by atoms with Gasteiger partial charge in [0, 0.05) is 11.1 Å². The Morgan fingerprint density at radius 2 is 1.57 bits per heavy atom. The number of esters is 1. The summed E-state index contributed by atoms with van der Waals surface area (Å²) in [5.74, 6) is -0.148. The molecule has 1 amide bonds. The predicted molar refractivity (Wildman–Crippen MR) is 145 cm³/mol. The van der Waals surface area contributed by atoms with Crippen LogP contribution < -0.4 is 10.1 Å². The summed E-state index contributed by atoms with van der Waals surface area (Å²) in [6, 6.07) is 30.6. The van der Waals surface area contributed by atoms with E-state index in [1.807, 2.05) is 73.7 Å². The molecule has 0 aliphatic heterocycles. The van der Waals surface area contributed by atoms with Crippen LogP contribution in [-0.4, -0.2) is 24.0 Å². The summed E-state index contributed by atoms with van der Waals surface area (Å²) in [6.07, 6.45) is 0. The number of para-hydroxylation sites is 1. The zero-order valence-electron chi connectivity index (χ0n) is 20.6. The molecule has 184 valence electrons. The van der Waals surface area contributed by atoms with Crippen LogP contribution >= 0.6 is 0 Å². The van der Waals surface area contributed by atoms with Gasteiger partial charge >= 0.3 is 5.97 Å². The van der Waals surface area contributed by atoms with E-state index in [0.717, 1.165) is 38.7 Å². The standard InChI is InChI=1S/C31H26N2O4/c1-20(30(34)33-26-13-10-22(11-14-26)31(35)36-2)23-7-8-25-18-28(16-12-24(25)17-23)37-19-27-15-9-21-5-3-4-6-29(21)32-27/h3-18,20H,19H2,1-2H3,(H,33,34). The maximum Gasteiger partial charge on any atom is 0.337 e. The molecule has 1 atom stereocenters. The van der Waals surface area contributed by atoms with Crippen LogP contribution in [0, 0.1) is 0 Å². The smallest absolute Gasteiger partial charge is 0.337 e. The summed E-state index contributed by atoms with van der Waals surface area (Å²) in [6.45, 7) is 2.25. The summed E-state index contributed by atoms with van der Waals surface area (Å²) in [7, 11) is 1.33. The number of hydrogen-bond donors (Lipinski definition) is 1. The number of fused-ring (bicyclic) bond motifs is 2. The summed E-state index contributed by atoms with van der Waals surface area (Å²) in [5, 5.41) is 6.06. The lowest BCUT2D eigenvalue weighted by Gasteiger charge is -2.14. The minimum Gasteiger partial charge on any atom is -0.487 e. The fourth-order valence-electron chi connectivity index (χ4n) is 4.16. The fraction of sp³-hybridized carbons (Fsp3) is 0.129. The van der Waals surface area contributed by atoms with Gasteiger partial charge in [-0.15, -0.1) is 0 Å². The number of carbonyl (C=O) groups is 2. The highest BCUT2D eigenvalue weighted by Gasteiger charge is 2.16. The van der Waals surface area contributed by atoms with Gasteiger partial charge in [0.1, 0.15) is 12.4 Å².